The third-order valence-electron chi connectivity index (χ3n) is 3.88. The number of nitrogens with one attached hydrogen (secondary N) is 1. The van der Waals surface area contributed by atoms with E-state index in [1.807, 2.05) is 0 Å². The molecule has 1 N–H and O–H groups in total. The van der Waals surface area contributed by atoms with Crippen molar-refractivity contribution < 1.29 is 13.2 Å². The zero-order valence-corrected chi connectivity index (χ0v) is 16.7. The Bertz CT molecular complexity index is 705. The van der Waals surface area contributed by atoms with Crippen LogP contribution in [0.3, 0.4) is 0 Å². The van der Waals surface area contributed by atoms with Gasteiger partial charge < -0.3 is 0 Å². The molecule has 3 rings (SSSR count). The molecule has 125 valence electrons. The Morgan fingerprint density at radius 2 is 2.04 bits per heavy atom. The molecule has 5 nitrogen and oxygen atoms in total. The molecule has 2 aromatic heterocycles. The van der Waals surface area contributed by atoms with Crippen molar-refractivity contribution in [3.05, 3.63) is 47.2 Å². The van der Waals surface area contributed by atoms with Crippen LogP contribution < -0.4 is 5.32 Å². The fourth-order valence-corrected chi connectivity index (χ4v) is 3.62. The maximum atomic E-state index is 12.5. The van der Waals surface area contributed by atoms with E-state index in [1.165, 1.54) is 18.6 Å². The Morgan fingerprint density at radius 3 is 2.71 bits per heavy atom. The molecule has 0 spiro atoms. The van der Waals surface area contributed by atoms with E-state index in [0.29, 0.717) is 12.1 Å². The van der Waals surface area contributed by atoms with Gasteiger partial charge in [0.25, 0.3) is 0 Å². The van der Waals surface area contributed by atoms with Crippen LogP contribution in [0.2, 0.25) is 0 Å². The SMILES string of the molecule is FC(F)(F)c1ccc(CNc2ncnc3c2CN([CH2][Pb])CC3)cn1. The van der Waals surface area contributed by atoms with Gasteiger partial charge in [-0.05, 0) is 0 Å². The monoisotopic (exact) mass is 530 g/mol. The molecule has 0 fully saturated rings. The van der Waals surface area contributed by atoms with Gasteiger partial charge in [0, 0.05) is 0 Å². The van der Waals surface area contributed by atoms with Crippen LogP contribution >= 0.6 is 0 Å². The molecule has 0 aliphatic carbocycles. The minimum atomic E-state index is -4.41. The molecule has 0 amide bonds. The average Bonchev–Trinajstić information content (AvgIpc) is 2.59. The summed E-state index contributed by atoms with van der Waals surface area (Å²) in [6, 6.07) is 2.43. The molecule has 0 aromatic carbocycles. The number of halogens is 3. The Balaban J connectivity index is 1.71. The van der Waals surface area contributed by atoms with Crippen LogP contribution in [0, 0.1) is 0 Å². The van der Waals surface area contributed by atoms with Crippen molar-refractivity contribution in [3.63, 3.8) is 0 Å². The zero-order chi connectivity index (χ0) is 17.2. The summed E-state index contributed by atoms with van der Waals surface area (Å²) in [5.74, 6) is 0.750. The third kappa shape index (κ3) is 4.02. The normalized spacial score (nSPS) is 15.2. The van der Waals surface area contributed by atoms with E-state index in [2.05, 4.69) is 25.2 Å². The maximum absolute atomic E-state index is 12.5. The van der Waals surface area contributed by atoms with Crippen molar-refractivity contribution >= 4 is 31.6 Å². The molecule has 0 unspecified atom stereocenters. The Labute approximate surface area is 153 Å². The average molecular weight is 530 g/mol. The predicted molar refractivity (Wildman–Crippen MR) is 83.3 cm³/mol. The second kappa shape index (κ2) is 7.30. The van der Waals surface area contributed by atoms with Crippen LogP contribution in [0.1, 0.15) is 22.5 Å². The summed E-state index contributed by atoms with van der Waals surface area (Å²) in [6.45, 7) is 2.19. The van der Waals surface area contributed by atoms with Crippen molar-refractivity contribution in [3.8, 4) is 0 Å². The van der Waals surface area contributed by atoms with Gasteiger partial charge in [0.2, 0.25) is 0 Å². The zero-order valence-electron chi connectivity index (χ0n) is 12.8. The van der Waals surface area contributed by atoms with Gasteiger partial charge in [0.1, 0.15) is 0 Å². The van der Waals surface area contributed by atoms with Gasteiger partial charge in [-0.2, -0.15) is 13.2 Å². The summed E-state index contributed by atoms with van der Waals surface area (Å²) in [5, 5.41) is 3.20. The molecule has 3 radical (unpaired) electrons. The van der Waals surface area contributed by atoms with Crippen LogP contribution in [0.5, 0.6) is 0 Å². The van der Waals surface area contributed by atoms with E-state index in [1.54, 1.807) is 0 Å². The first-order valence-electron chi connectivity index (χ1n) is 7.43. The van der Waals surface area contributed by atoms with E-state index >= 15 is 0 Å². The van der Waals surface area contributed by atoms with Gasteiger partial charge >= 0.3 is 140 Å². The molecule has 24 heavy (non-hydrogen) atoms. The number of nitrogens with zero attached hydrogens (tertiary/aromatic N) is 4. The molecule has 1 aliphatic heterocycles. The Kier molecular flexibility index (Phi) is 5.33. The fourth-order valence-electron chi connectivity index (χ4n) is 2.57. The molecule has 1 aliphatic rings. The molecule has 0 atom stereocenters. The number of aromatic nitrogens is 3. The summed E-state index contributed by atoms with van der Waals surface area (Å²) >= 11 is 1.11. The Hall–Kier alpha value is -1.30. The van der Waals surface area contributed by atoms with Crippen LogP contribution in [0.25, 0.3) is 0 Å². The topological polar surface area (TPSA) is 53.9 Å². The molecular formula is C15H15F3N5Pb. The van der Waals surface area contributed by atoms with Gasteiger partial charge in [0.15, 0.2) is 0 Å². The molecular weight excluding hydrogens is 514 g/mol. The van der Waals surface area contributed by atoms with Crippen LogP contribution in [-0.2, 0) is 25.7 Å². The van der Waals surface area contributed by atoms with Crippen molar-refractivity contribution in [2.45, 2.75) is 25.7 Å². The molecule has 0 saturated heterocycles. The number of anilines is 1. The van der Waals surface area contributed by atoms with Crippen LogP contribution in [0.15, 0.2) is 24.7 Å². The number of hydrogen-bond donors (Lipinski definition) is 1. The van der Waals surface area contributed by atoms with E-state index in [4.69, 9.17) is 0 Å². The van der Waals surface area contributed by atoms with E-state index in [-0.39, 0.29) is 0 Å². The molecule has 0 saturated carbocycles. The first kappa shape index (κ1) is 17.5. The first-order chi connectivity index (χ1) is 11.5. The first-order valence-corrected chi connectivity index (χ1v) is 10.2. The summed E-state index contributed by atoms with van der Waals surface area (Å²) in [6.07, 6.45) is -0.739. The summed E-state index contributed by atoms with van der Waals surface area (Å²) in [4.78, 5) is 14.5. The number of pyridine rings is 1. The van der Waals surface area contributed by atoms with Gasteiger partial charge in [-0.1, -0.05) is 0 Å². The van der Waals surface area contributed by atoms with Gasteiger partial charge in [-0.15, -0.1) is 0 Å². The number of fused-ring (bicyclic) bond motifs is 1. The fraction of sp³-hybridized carbons (Fsp3) is 0.400. The van der Waals surface area contributed by atoms with Gasteiger partial charge in [-0.3, -0.25) is 0 Å². The quantitative estimate of drug-likeness (QED) is 0.615. The molecule has 3 heterocycles. The van der Waals surface area contributed by atoms with Crippen molar-refractivity contribution in [2.75, 3.05) is 16.0 Å². The second-order valence-corrected chi connectivity index (χ2v) is 6.74. The van der Waals surface area contributed by atoms with E-state index in [0.717, 1.165) is 72.5 Å². The summed E-state index contributed by atoms with van der Waals surface area (Å²) in [5.41, 5.74) is 1.92. The summed E-state index contributed by atoms with van der Waals surface area (Å²) in [7, 11) is 0. The molecule has 2 aromatic rings. The number of alkyl halides is 3. The standard InChI is InChI=1S/C15H15F3N5.Pb/c1-23-5-4-12-11(8-23)14(22-9-21-12)20-7-10-2-3-13(19-6-10)15(16,17)18;/h2-3,6,9H,1,4-5,7-8H2,(H,20,21,22);. The summed E-state index contributed by atoms with van der Waals surface area (Å²) < 4.78 is 38.7. The van der Waals surface area contributed by atoms with Gasteiger partial charge in [0.05, 0.1) is 0 Å². The third-order valence-corrected chi connectivity index (χ3v) is 5.62. The van der Waals surface area contributed by atoms with Crippen LogP contribution in [-0.4, -0.2) is 56.3 Å². The van der Waals surface area contributed by atoms with Gasteiger partial charge in [-0.25, -0.2) is 0 Å². The van der Waals surface area contributed by atoms with Crippen molar-refractivity contribution in [1.82, 2.24) is 19.9 Å². The predicted octanol–water partition coefficient (Wildman–Crippen LogP) is 1.99. The van der Waals surface area contributed by atoms with Crippen LogP contribution in [0.4, 0.5) is 19.0 Å². The molecule has 9 heteroatoms. The van der Waals surface area contributed by atoms with Crippen molar-refractivity contribution in [1.29, 1.82) is 0 Å². The van der Waals surface area contributed by atoms with E-state index in [9.17, 15) is 13.2 Å². The number of rotatable bonds is 4. The Morgan fingerprint density at radius 1 is 1.21 bits per heavy atom. The molecule has 0 bridgehead atoms. The van der Waals surface area contributed by atoms with E-state index < -0.39 is 11.9 Å². The second-order valence-electron chi connectivity index (χ2n) is 5.51. The minimum absolute atomic E-state index is 0.371. The van der Waals surface area contributed by atoms with Crippen molar-refractivity contribution in [2.24, 2.45) is 0 Å². The number of hydrogen-bond acceptors (Lipinski definition) is 5.